The highest BCUT2D eigenvalue weighted by Gasteiger charge is 2.35. The van der Waals surface area contributed by atoms with E-state index in [1.54, 1.807) is 31.2 Å². The summed E-state index contributed by atoms with van der Waals surface area (Å²) in [6.45, 7) is 2.21. The smallest absolute Gasteiger partial charge is 0.419 e. The Bertz CT molecular complexity index is 1570. The Balaban J connectivity index is 1.38. The quantitative estimate of drug-likeness (QED) is 0.0935. The van der Waals surface area contributed by atoms with Crippen molar-refractivity contribution < 1.29 is 49.2 Å². The minimum Gasteiger partial charge on any atom is -0.490 e. The lowest BCUT2D eigenvalue weighted by Crippen LogP contribution is -2.15. The van der Waals surface area contributed by atoms with Crippen LogP contribution in [0.15, 0.2) is 76.1 Å². The fourth-order valence-corrected chi connectivity index (χ4v) is 4.63. The van der Waals surface area contributed by atoms with Crippen LogP contribution in [0.25, 0.3) is 22.8 Å². The Hall–Kier alpha value is -3.82. The summed E-state index contributed by atoms with van der Waals surface area (Å²) < 4.78 is 97.0. The molecule has 0 radical (unpaired) electrons. The van der Waals surface area contributed by atoms with Crippen molar-refractivity contribution in [1.29, 1.82) is 0 Å². The van der Waals surface area contributed by atoms with Gasteiger partial charge < -0.3 is 23.5 Å². The maximum absolute atomic E-state index is 13.9. The Kier molecular flexibility index (Phi) is 10.9. The number of nitrogens with zero attached hydrogens (tertiary/aromatic N) is 2. The van der Waals surface area contributed by atoms with Gasteiger partial charge in [0.2, 0.25) is 5.82 Å². The molecule has 10 nitrogen and oxygen atoms in total. The average molecular weight is 623 g/mol. The van der Waals surface area contributed by atoms with E-state index in [2.05, 4.69) is 10.1 Å². The highest BCUT2D eigenvalue weighted by Crippen LogP contribution is 2.39. The van der Waals surface area contributed by atoms with Crippen molar-refractivity contribution in [1.82, 2.24) is 10.1 Å². The Morgan fingerprint density at radius 3 is 2.26 bits per heavy atom. The lowest BCUT2D eigenvalue weighted by Gasteiger charge is -2.15. The zero-order valence-electron chi connectivity index (χ0n) is 23.3. The highest BCUT2D eigenvalue weighted by molar-refractivity contribution is 7.86. The van der Waals surface area contributed by atoms with E-state index in [9.17, 15) is 21.6 Å². The van der Waals surface area contributed by atoms with E-state index in [0.717, 1.165) is 23.3 Å². The zero-order valence-corrected chi connectivity index (χ0v) is 24.1. The molecule has 0 aliphatic rings. The third-order valence-corrected chi connectivity index (χ3v) is 7.23. The van der Waals surface area contributed by atoms with Crippen molar-refractivity contribution in [2.75, 3.05) is 40.3 Å². The molecule has 230 valence electrons. The maximum atomic E-state index is 13.9. The molecule has 3 aromatic carbocycles. The van der Waals surface area contributed by atoms with Crippen LogP contribution in [0.4, 0.5) is 13.2 Å². The minimum absolute atomic E-state index is 0.0253. The van der Waals surface area contributed by atoms with Crippen LogP contribution in [-0.2, 0) is 41.3 Å². The molecule has 0 amide bonds. The molecule has 0 aliphatic heterocycles. The van der Waals surface area contributed by atoms with Crippen LogP contribution in [0, 0.1) is 6.92 Å². The van der Waals surface area contributed by atoms with E-state index >= 15 is 0 Å². The molecule has 43 heavy (non-hydrogen) atoms. The second kappa shape index (κ2) is 14.6. The third kappa shape index (κ3) is 9.08. The van der Waals surface area contributed by atoms with E-state index in [-0.39, 0.29) is 29.0 Å². The summed E-state index contributed by atoms with van der Waals surface area (Å²) in [5.41, 5.74) is 1.28. The van der Waals surface area contributed by atoms with Gasteiger partial charge in [0.1, 0.15) is 25.8 Å². The summed E-state index contributed by atoms with van der Waals surface area (Å²) in [4.78, 5) is 4.17. The molecule has 0 fully saturated rings. The normalized spacial score (nSPS) is 12.0. The number of aryl methyl sites for hydroxylation is 1. The van der Waals surface area contributed by atoms with Gasteiger partial charge in [-0.2, -0.15) is 26.6 Å². The van der Waals surface area contributed by atoms with Crippen LogP contribution in [0.1, 0.15) is 16.7 Å². The van der Waals surface area contributed by atoms with Crippen molar-refractivity contribution in [2.45, 2.75) is 24.6 Å². The SMILES string of the molecule is COCOCCOCc1ccc(-c2noc(-c3ccc(OCCOS(=O)(=O)c4ccc(C)cc4)c(C(F)(F)F)c3)n2)cc1. The first kappa shape index (κ1) is 32.1. The summed E-state index contributed by atoms with van der Waals surface area (Å²) in [6, 6.07) is 16.3. The predicted molar refractivity (Wildman–Crippen MR) is 147 cm³/mol. The molecule has 0 bridgehead atoms. The van der Waals surface area contributed by atoms with Crippen LogP contribution < -0.4 is 4.74 Å². The van der Waals surface area contributed by atoms with Crippen LogP contribution >= 0.6 is 0 Å². The second-order valence-corrected chi connectivity index (χ2v) is 10.7. The Morgan fingerprint density at radius 2 is 1.56 bits per heavy atom. The van der Waals surface area contributed by atoms with Crippen LogP contribution in [0.3, 0.4) is 0 Å². The number of methoxy groups -OCH3 is 1. The molecule has 0 unspecified atom stereocenters. The molecule has 4 aromatic rings. The van der Waals surface area contributed by atoms with Gasteiger partial charge in [0, 0.05) is 18.2 Å². The molecule has 0 N–H and O–H groups in total. The van der Waals surface area contributed by atoms with Gasteiger partial charge >= 0.3 is 6.18 Å². The van der Waals surface area contributed by atoms with Gasteiger partial charge in [0.15, 0.2) is 0 Å². The first-order chi connectivity index (χ1) is 20.6. The molecule has 0 saturated carbocycles. The molecule has 0 spiro atoms. The molecule has 0 aliphatic carbocycles. The van der Waals surface area contributed by atoms with E-state index < -0.39 is 40.8 Å². The van der Waals surface area contributed by atoms with Gasteiger partial charge in [-0.1, -0.05) is 47.1 Å². The van der Waals surface area contributed by atoms with Crippen LogP contribution in [-0.4, -0.2) is 58.9 Å². The first-order valence-corrected chi connectivity index (χ1v) is 14.4. The summed E-state index contributed by atoms with van der Waals surface area (Å²) >= 11 is 0. The number of aromatic nitrogens is 2. The van der Waals surface area contributed by atoms with Crippen molar-refractivity contribution in [3.63, 3.8) is 0 Å². The molecule has 1 heterocycles. The number of hydrogen-bond donors (Lipinski definition) is 0. The Morgan fingerprint density at radius 1 is 0.860 bits per heavy atom. The van der Waals surface area contributed by atoms with Gasteiger partial charge in [0.05, 0.1) is 30.3 Å². The lowest BCUT2D eigenvalue weighted by atomic mass is 10.1. The van der Waals surface area contributed by atoms with Gasteiger partial charge in [-0.25, -0.2) is 0 Å². The van der Waals surface area contributed by atoms with Gasteiger partial charge in [0.25, 0.3) is 16.0 Å². The second-order valence-electron chi connectivity index (χ2n) is 9.13. The Labute approximate surface area is 246 Å². The van der Waals surface area contributed by atoms with E-state index in [1.807, 2.05) is 12.1 Å². The highest BCUT2D eigenvalue weighted by atomic mass is 32.2. The summed E-state index contributed by atoms with van der Waals surface area (Å²) in [6.07, 6.45) is -4.78. The number of alkyl halides is 3. The van der Waals surface area contributed by atoms with Crippen molar-refractivity contribution in [2.24, 2.45) is 0 Å². The largest absolute Gasteiger partial charge is 0.490 e. The molecule has 14 heteroatoms. The molecule has 4 rings (SSSR count). The van der Waals surface area contributed by atoms with Crippen molar-refractivity contribution in [3.05, 3.63) is 83.4 Å². The van der Waals surface area contributed by atoms with E-state index in [0.29, 0.717) is 25.4 Å². The van der Waals surface area contributed by atoms with Gasteiger partial charge in [-0.15, -0.1) is 0 Å². The molecular weight excluding hydrogens is 593 g/mol. The first-order valence-electron chi connectivity index (χ1n) is 12.9. The summed E-state index contributed by atoms with van der Waals surface area (Å²) in [5.74, 6) is -0.435. The fraction of sp³-hybridized carbons (Fsp3) is 0.310. The topological polar surface area (TPSA) is 119 Å². The minimum atomic E-state index is -4.78. The monoisotopic (exact) mass is 622 g/mol. The fourth-order valence-electron chi connectivity index (χ4n) is 3.74. The van der Waals surface area contributed by atoms with E-state index in [4.69, 9.17) is 27.7 Å². The van der Waals surface area contributed by atoms with Crippen LogP contribution in [0.5, 0.6) is 5.75 Å². The lowest BCUT2D eigenvalue weighted by molar-refractivity contribution is -0.139. The predicted octanol–water partition coefficient (Wildman–Crippen LogP) is 5.65. The van der Waals surface area contributed by atoms with E-state index in [1.165, 1.54) is 25.3 Å². The average Bonchev–Trinajstić information content (AvgIpc) is 3.48. The molecule has 0 atom stereocenters. The number of rotatable bonds is 15. The maximum Gasteiger partial charge on any atom is 0.419 e. The number of halogens is 3. The van der Waals surface area contributed by atoms with Crippen molar-refractivity contribution >= 4 is 10.1 Å². The number of hydrogen-bond acceptors (Lipinski definition) is 10. The third-order valence-electron chi connectivity index (χ3n) is 5.90. The molecular formula is C29H29F3N2O8S. The van der Waals surface area contributed by atoms with Gasteiger partial charge in [-0.05, 0) is 42.8 Å². The van der Waals surface area contributed by atoms with Crippen molar-refractivity contribution in [3.8, 4) is 28.6 Å². The number of benzene rings is 3. The molecule has 0 saturated heterocycles. The summed E-state index contributed by atoms with van der Waals surface area (Å²) in [5, 5.41) is 3.89. The van der Waals surface area contributed by atoms with Crippen LogP contribution in [0.2, 0.25) is 0 Å². The number of ether oxygens (including phenoxy) is 4. The van der Waals surface area contributed by atoms with Gasteiger partial charge in [-0.3, -0.25) is 4.18 Å². The summed E-state index contributed by atoms with van der Waals surface area (Å²) in [7, 11) is -2.56. The zero-order chi connectivity index (χ0) is 30.9. The standard InChI is InChI=1S/C29H29F3N2O8S/c1-20-3-10-24(11-4-20)43(35,36)41-16-15-40-26-12-9-23(17-25(26)29(30,31)32)28-33-27(34-42-28)22-7-5-21(6-8-22)18-38-13-14-39-19-37-2/h3-12,17H,13-16,18-19H2,1-2H3. The molecule has 1 aromatic heterocycles.